The van der Waals surface area contributed by atoms with Crippen LogP contribution in [0.1, 0.15) is 13.8 Å². The predicted octanol–water partition coefficient (Wildman–Crippen LogP) is 1.10. The maximum atomic E-state index is 12.1. The number of halogens is 3. The van der Waals surface area contributed by atoms with E-state index in [1.54, 1.807) is 0 Å². The van der Waals surface area contributed by atoms with Crippen LogP contribution >= 0.6 is 0 Å². The Morgan fingerprint density at radius 1 is 1.13 bits per heavy atom. The Kier molecular flexibility index (Phi) is 3.59. The molecular weight excluding hydrogens is 209 g/mol. The Morgan fingerprint density at radius 2 is 1.60 bits per heavy atom. The average Bonchev–Trinajstić information content (AvgIpc) is 2.15. The molecule has 0 bridgehead atoms. The van der Waals surface area contributed by atoms with E-state index in [4.69, 9.17) is 0 Å². The number of carbonyl (C=O) groups excluding carboxylic acids is 1. The summed E-state index contributed by atoms with van der Waals surface area (Å²) in [4.78, 5) is 13.8. The van der Waals surface area contributed by atoms with E-state index in [2.05, 4.69) is 4.90 Å². The molecule has 3 nitrogen and oxygen atoms in total. The van der Waals surface area contributed by atoms with Gasteiger partial charge in [0.1, 0.15) is 0 Å². The second-order valence-corrected chi connectivity index (χ2v) is 3.92. The maximum Gasteiger partial charge on any atom is 0.471 e. The van der Waals surface area contributed by atoms with Crippen LogP contribution in [0.4, 0.5) is 13.2 Å². The van der Waals surface area contributed by atoms with Gasteiger partial charge in [-0.05, 0) is 13.8 Å². The van der Waals surface area contributed by atoms with Gasteiger partial charge in [-0.25, -0.2) is 0 Å². The molecule has 0 aliphatic carbocycles. The van der Waals surface area contributed by atoms with E-state index in [1.165, 1.54) is 0 Å². The first kappa shape index (κ1) is 12.3. The second-order valence-electron chi connectivity index (χ2n) is 3.92. The second kappa shape index (κ2) is 4.38. The van der Waals surface area contributed by atoms with Gasteiger partial charge in [-0.1, -0.05) is 0 Å². The third-order valence-electron chi connectivity index (χ3n) is 2.57. The van der Waals surface area contributed by atoms with Crippen LogP contribution in [0.5, 0.6) is 0 Å². The van der Waals surface area contributed by atoms with Gasteiger partial charge in [-0.2, -0.15) is 13.2 Å². The molecule has 0 aromatic heterocycles. The van der Waals surface area contributed by atoms with Crippen molar-refractivity contribution < 1.29 is 18.0 Å². The first-order valence-corrected chi connectivity index (χ1v) is 4.92. The molecule has 0 saturated carbocycles. The molecule has 1 fully saturated rings. The van der Waals surface area contributed by atoms with Crippen molar-refractivity contribution in [1.82, 2.24) is 9.80 Å². The van der Waals surface area contributed by atoms with Gasteiger partial charge in [0.15, 0.2) is 0 Å². The Labute approximate surface area is 86.8 Å². The first-order valence-electron chi connectivity index (χ1n) is 4.92. The number of piperazine rings is 1. The van der Waals surface area contributed by atoms with Crippen molar-refractivity contribution in [3.05, 3.63) is 0 Å². The summed E-state index contributed by atoms with van der Waals surface area (Å²) in [6.45, 7) is 5.33. The summed E-state index contributed by atoms with van der Waals surface area (Å²) in [5.41, 5.74) is 0. The van der Waals surface area contributed by atoms with E-state index in [9.17, 15) is 18.0 Å². The van der Waals surface area contributed by atoms with Gasteiger partial charge in [-0.15, -0.1) is 0 Å². The first-order chi connectivity index (χ1) is 6.82. The summed E-state index contributed by atoms with van der Waals surface area (Å²) in [5.74, 6) is -1.72. The number of rotatable bonds is 1. The average molecular weight is 224 g/mol. The summed E-state index contributed by atoms with van der Waals surface area (Å²) in [5, 5.41) is 0. The van der Waals surface area contributed by atoms with Gasteiger partial charge in [0.25, 0.3) is 0 Å². The van der Waals surface area contributed by atoms with Crippen LogP contribution in [-0.2, 0) is 4.79 Å². The molecule has 6 heteroatoms. The van der Waals surface area contributed by atoms with Crippen molar-refractivity contribution in [3.63, 3.8) is 0 Å². The molecule has 1 saturated heterocycles. The molecule has 88 valence electrons. The van der Waals surface area contributed by atoms with E-state index in [0.29, 0.717) is 19.1 Å². The van der Waals surface area contributed by atoms with Crippen molar-refractivity contribution in [2.75, 3.05) is 26.2 Å². The number of alkyl halides is 3. The standard InChI is InChI=1S/C9H15F3N2O/c1-7(2)13-3-5-14(6-4-13)8(15)9(10,11)12/h7H,3-6H2,1-2H3. The number of hydrogen-bond acceptors (Lipinski definition) is 2. The molecule has 0 aromatic carbocycles. The van der Waals surface area contributed by atoms with Crippen molar-refractivity contribution in [3.8, 4) is 0 Å². The lowest BCUT2D eigenvalue weighted by Gasteiger charge is -2.37. The molecule has 0 aromatic rings. The van der Waals surface area contributed by atoms with Crippen LogP contribution in [-0.4, -0.2) is 54.1 Å². The van der Waals surface area contributed by atoms with Gasteiger partial charge >= 0.3 is 12.1 Å². The minimum atomic E-state index is -4.74. The Balaban J connectivity index is 2.48. The number of hydrogen-bond donors (Lipinski definition) is 0. The molecule has 15 heavy (non-hydrogen) atoms. The number of amides is 1. The zero-order valence-corrected chi connectivity index (χ0v) is 8.84. The van der Waals surface area contributed by atoms with Gasteiger partial charge in [0.2, 0.25) is 0 Å². The van der Waals surface area contributed by atoms with Gasteiger partial charge in [0.05, 0.1) is 0 Å². The molecule has 1 aliphatic rings. The molecule has 1 amide bonds. The molecule has 0 N–H and O–H groups in total. The third-order valence-corrected chi connectivity index (χ3v) is 2.57. The zero-order chi connectivity index (χ0) is 11.6. The lowest BCUT2D eigenvalue weighted by atomic mass is 10.2. The van der Waals surface area contributed by atoms with E-state index in [-0.39, 0.29) is 13.1 Å². The highest BCUT2D eigenvalue weighted by atomic mass is 19.4. The van der Waals surface area contributed by atoms with Crippen LogP contribution in [0, 0.1) is 0 Å². The van der Waals surface area contributed by atoms with Crippen molar-refractivity contribution in [1.29, 1.82) is 0 Å². The highest BCUT2D eigenvalue weighted by Gasteiger charge is 2.43. The number of carbonyl (C=O) groups is 1. The normalized spacial score (nSPS) is 19.7. The summed E-state index contributed by atoms with van der Waals surface area (Å²) in [6, 6.07) is 0.313. The summed E-state index contributed by atoms with van der Waals surface area (Å²) < 4.78 is 36.3. The van der Waals surface area contributed by atoms with E-state index in [0.717, 1.165) is 4.90 Å². The molecule has 1 heterocycles. The van der Waals surface area contributed by atoms with E-state index >= 15 is 0 Å². The van der Waals surface area contributed by atoms with E-state index < -0.39 is 12.1 Å². The molecule has 0 radical (unpaired) electrons. The van der Waals surface area contributed by atoms with Crippen LogP contribution in [0.3, 0.4) is 0 Å². The Morgan fingerprint density at radius 3 is 1.93 bits per heavy atom. The summed E-state index contributed by atoms with van der Waals surface area (Å²) in [6.07, 6.45) is -4.74. The van der Waals surface area contributed by atoms with Gasteiger partial charge < -0.3 is 4.90 Å². The monoisotopic (exact) mass is 224 g/mol. The third kappa shape index (κ3) is 3.09. The molecule has 0 atom stereocenters. The molecule has 0 unspecified atom stereocenters. The lowest BCUT2D eigenvalue weighted by Crippen LogP contribution is -2.53. The maximum absolute atomic E-state index is 12.1. The summed E-state index contributed by atoms with van der Waals surface area (Å²) in [7, 11) is 0. The minimum Gasteiger partial charge on any atom is -0.332 e. The highest BCUT2D eigenvalue weighted by molar-refractivity contribution is 5.81. The smallest absolute Gasteiger partial charge is 0.332 e. The van der Waals surface area contributed by atoms with Crippen molar-refractivity contribution in [2.45, 2.75) is 26.1 Å². The van der Waals surface area contributed by atoms with Gasteiger partial charge in [0, 0.05) is 32.2 Å². The van der Waals surface area contributed by atoms with Gasteiger partial charge in [-0.3, -0.25) is 9.69 Å². The van der Waals surface area contributed by atoms with Crippen molar-refractivity contribution >= 4 is 5.91 Å². The molecule has 0 spiro atoms. The summed E-state index contributed by atoms with van der Waals surface area (Å²) >= 11 is 0. The topological polar surface area (TPSA) is 23.6 Å². The van der Waals surface area contributed by atoms with Crippen LogP contribution in [0.15, 0.2) is 0 Å². The highest BCUT2D eigenvalue weighted by Crippen LogP contribution is 2.19. The van der Waals surface area contributed by atoms with Crippen LogP contribution < -0.4 is 0 Å². The fourth-order valence-electron chi connectivity index (χ4n) is 1.62. The Hall–Kier alpha value is -0.780. The fraction of sp³-hybridized carbons (Fsp3) is 0.889. The fourth-order valence-corrected chi connectivity index (χ4v) is 1.62. The SMILES string of the molecule is CC(C)N1CCN(C(=O)C(F)(F)F)CC1. The molecule has 1 rings (SSSR count). The van der Waals surface area contributed by atoms with Crippen LogP contribution in [0.25, 0.3) is 0 Å². The number of nitrogens with zero attached hydrogens (tertiary/aromatic N) is 2. The molecule has 1 aliphatic heterocycles. The minimum absolute atomic E-state index is 0.163. The van der Waals surface area contributed by atoms with Crippen LogP contribution in [0.2, 0.25) is 0 Å². The van der Waals surface area contributed by atoms with Crippen molar-refractivity contribution in [2.24, 2.45) is 0 Å². The largest absolute Gasteiger partial charge is 0.471 e. The zero-order valence-electron chi connectivity index (χ0n) is 8.84. The Bertz CT molecular complexity index is 232. The van der Waals surface area contributed by atoms with E-state index in [1.807, 2.05) is 13.8 Å². The lowest BCUT2D eigenvalue weighted by molar-refractivity contribution is -0.187. The molecular formula is C9H15F3N2O. The quantitative estimate of drug-likeness (QED) is 0.666. The predicted molar refractivity (Wildman–Crippen MR) is 49.3 cm³/mol.